The minimum Gasteiger partial charge on any atom is -0.478 e. The summed E-state index contributed by atoms with van der Waals surface area (Å²) in [5.74, 6) is -0.134. The van der Waals surface area contributed by atoms with Gasteiger partial charge in [0, 0.05) is 24.0 Å². The van der Waals surface area contributed by atoms with Gasteiger partial charge in [-0.15, -0.1) is 0 Å². The Kier molecular flexibility index (Phi) is 5.05. The van der Waals surface area contributed by atoms with Gasteiger partial charge in [0.2, 0.25) is 0 Å². The average Bonchev–Trinajstić information content (AvgIpc) is 3.49. The van der Waals surface area contributed by atoms with Crippen LogP contribution < -0.4 is 9.80 Å². The molecular formula is C25H32N2O2. The van der Waals surface area contributed by atoms with Gasteiger partial charge in [-0.05, 0) is 80.3 Å². The Morgan fingerprint density at radius 1 is 1.14 bits per heavy atom. The van der Waals surface area contributed by atoms with Crippen LogP contribution in [0.3, 0.4) is 0 Å². The first kappa shape index (κ1) is 19.8. The van der Waals surface area contributed by atoms with Gasteiger partial charge in [0.25, 0.3) is 0 Å². The van der Waals surface area contributed by atoms with Gasteiger partial charge in [-0.25, -0.2) is 4.79 Å². The van der Waals surface area contributed by atoms with Crippen LogP contribution in [0.15, 0.2) is 48.5 Å². The number of hydrogen-bond acceptors (Lipinski definition) is 3. The highest BCUT2D eigenvalue weighted by atomic mass is 16.4. The molecule has 1 heterocycles. The summed E-state index contributed by atoms with van der Waals surface area (Å²) in [5.41, 5.74) is 4.28. The normalized spacial score (nSPS) is 20.4. The van der Waals surface area contributed by atoms with Gasteiger partial charge in [0.05, 0.1) is 5.56 Å². The number of carbonyl (C=O) groups is 1. The molecule has 1 atom stereocenters. The Morgan fingerprint density at radius 2 is 1.79 bits per heavy atom. The minimum absolute atomic E-state index is 0.0788. The summed E-state index contributed by atoms with van der Waals surface area (Å²) in [6, 6.07) is 16.6. The number of anilines is 2. The number of hydrogen-bond donors (Lipinski definition) is 1. The molecule has 29 heavy (non-hydrogen) atoms. The molecule has 0 radical (unpaired) electrons. The van der Waals surface area contributed by atoms with Crippen molar-refractivity contribution in [3.63, 3.8) is 0 Å². The van der Waals surface area contributed by atoms with E-state index < -0.39 is 5.97 Å². The maximum atomic E-state index is 11.3. The zero-order chi connectivity index (χ0) is 20.8. The van der Waals surface area contributed by atoms with E-state index in [-0.39, 0.29) is 11.6 Å². The number of carboxylic acids is 1. The molecule has 1 unspecified atom stereocenters. The summed E-state index contributed by atoms with van der Waals surface area (Å²) >= 11 is 0. The van der Waals surface area contributed by atoms with Crippen LogP contribution in [-0.2, 0) is 5.41 Å². The van der Waals surface area contributed by atoms with Crippen molar-refractivity contribution in [1.82, 2.24) is 0 Å². The fourth-order valence-corrected chi connectivity index (χ4v) is 4.75. The Bertz CT molecular complexity index is 884. The molecule has 2 aliphatic rings. The molecule has 4 nitrogen and oxygen atoms in total. The topological polar surface area (TPSA) is 43.8 Å². The highest BCUT2D eigenvalue weighted by Crippen LogP contribution is 2.45. The highest BCUT2D eigenvalue weighted by molar-refractivity contribution is 5.88. The molecule has 2 aromatic carbocycles. The number of benzene rings is 2. The third-order valence-corrected chi connectivity index (χ3v) is 6.44. The predicted octanol–water partition coefficient (Wildman–Crippen LogP) is 5.52. The van der Waals surface area contributed by atoms with E-state index in [9.17, 15) is 9.90 Å². The van der Waals surface area contributed by atoms with Crippen molar-refractivity contribution < 1.29 is 9.90 Å². The van der Waals surface area contributed by atoms with Crippen molar-refractivity contribution in [3.05, 3.63) is 59.7 Å². The van der Waals surface area contributed by atoms with Crippen molar-refractivity contribution in [3.8, 4) is 0 Å². The second kappa shape index (κ2) is 7.40. The van der Waals surface area contributed by atoms with Gasteiger partial charge in [-0.3, -0.25) is 0 Å². The lowest BCUT2D eigenvalue weighted by atomic mass is 9.75. The Labute approximate surface area is 174 Å². The molecule has 2 aromatic rings. The van der Waals surface area contributed by atoms with Crippen LogP contribution in [0.1, 0.15) is 62.9 Å². The summed E-state index contributed by atoms with van der Waals surface area (Å²) in [6.07, 6.45) is 3.86. The summed E-state index contributed by atoms with van der Waals surface area (Å²) in [4.78, 5) is 16.4. The maximum absolute atomic E-state index is 11.3. The minimum atomic E-state index is -0.873. The van der Waals surface area contributed by atoms with Crippen molar-refractivity contribution in [2.75, 3.05) is 16.3 Å². The lowest BCUT2D eigenvalue weighted by Gasteiger charge is -2.52. The van der Waals surface area contributed by atoms with Crippen LogP contribution in [0.5, 0.6) is 0 Å². The van der Waals surface area contributed by atoms with E-state index in [1.54, 1.807) is 12.1 Å². The largest absolute Gasteiger partial charge is 0.478 e. The van der Waals surface area contributed by atoms with Crippen LogP contribution in [0.2, 0.25) is 0 Å². The van der Waals surface area contributed by atoms with E-state index >= 15 is 0 Å². The maximum Gasteiger partial charge on any atom is 0.335 e. The third-order valence-electron chi connectivity index (χ3n) is 6.44. The number of nitrogens with zero attached hydrogens (tertiary/aromatic N) is 2. The number of para-hydroxylation sites is 1. The Morgan fingerprint density at radius 3 is 2.38 bits per heavy atom. The van der Waals surface area contributed by atoms with Gasteiger partial charge in [0.1, 0.15) is 6.17 Å². The smallest absolute Gasteiger partial charge is 0.335 e. The van der Waals surface area contributed by atoms with Gasteiger partial charge in [0.15, 0.2) is 0 Å². The van der Waals surface area contributed by atoms with E-state index in [0.717, 1.165) is 24.6 Å². The molecule has 0 bridgehead atoms. The molecule has 0 saturated heterocycles. The van der Waals surface area contributed by atoms with Gasteiger partial charge in [-0.1, -0.05) is 32.0 Å². The number of rotatable bonds is 6. The van der Waals surface area contributed by atoms with Crippen molar-refractivity contribution in [1.29, 1.82) is 0 Å². The lowest BCUT2D eigenvalue weighted by molar-refractivity contribution is 0.0697. The van der Waals surface area contributed by atoms with E-state index in [2.05, 4.69) is 61.8 Å². The van der Waals surface area contributed by atoms with E-state index in [1.165, 1.54) is 24.1 Å². The van der Waals surface area contributed by atoms with Gasteiger partial charge >= 0.3 is 5.97 Å². The third kappa shape index (κ3) is 3.85. The number of carboxylic acid groups (broad SMARTS) is 1. The molecular weight excluding hydrogens is 360 g/mol. The summed E-state index contributed by atoms with van der Waals surface area (Å²) < 4.78 is 0. The molecule has 1 saturated carbocycles. The molecule has 4 rings (SSSR count). The Balaban J connectivity index is 1.77. The number of fused-ring (bicyclic) bond motifs is 1. The van der Waals surface area contributed by atoms with E-state index in [4.69, 9.17) is 0 Å². The van der Waals surface area contributed by atoms with Crippen molar-refractivity contribution >= 4 is 17.3 Å². The predicted molar refractivity (Wildman–Crippen MR) is 119 cm³/mol. The highest BCUT2D eigenvalue weighted by Gasteiger charge is 2.42. The lowest BCUT2D eigenvalue weighted by Crippen LogP contribution is -2.57. The average molecular weight is 393 g/mol. The second-order valence-electron chi connectivity index (χ2n) is 9.53. The van der Waals surface area contributed by atoms with E-state index in [0.29, 0.717) is 11.6 Å². The second-order valence-corrected chi connectivity index (χ2v) is 9.53. The first-order chi connectivity index (χ1) is 13.8. The van der Waals surface area contributed by atoms with Gasteiger partial charge < -0.3 is 14.9 Å². The molecule has 0 spiro atoms. The summed E-state index contributed by atoms with van der Waals surface area (Å²) in [7, 11) is 0. The Hall–Kier alpha value is -2.49. The molecule has 4 heteroatoms. The summed E-state index contributed by atoms with van der Waals surface area (Å²) in [6.45, 7) is 10.3. The SMILES string of the molecule is CC(C)N1c2ccccc2C(C)(C)CC1N(CC1CC1)c1ccc(C(=O)O)cc1. The molecule has 0 aromatic heterocycles. The number of aromatic carboxylic acids is 1. The molecule has 0 amide bonds. The fourth-order valence-electron chi connectivity index (χ4n) is 4.75. The van der Waals surface area contributed by atoms with Crippen LogP contribution in [0.25, 0.3) is 0 Å². The molecule has 1 N–H and O–H groups in total. The van der Waals surface area contributed by atoms with Crippen LogP contribution in [0, 0.1) is 5.92 Å². The van der Waals surface area contributed by atoms with Crippen LogP contribution in [0.4, 0.5) is 11.4 Å². The zero-order valence-corrected chi connectivity index (χ0v) is 17.9. The quantitative estimate of drug-likeness (QED) is 0.703. The monoisotopic (exact) mass is 392 g/mol. The summed E-state index contributed by atoms with van der Waals surface area (Å²) in [5, 5.41) is 9.29. The molecule has 1 aliphatic heterocycles. The van der Waals surface area contributed by atoms with Crippen LogP contribution >= 0.6 is 0 Å². The van der Waals surface area contributed by atoms with Crippen molar-refractivity contribution in [2.45, 2.75) is 64.6 Å². The standard InChI is InChI=1S/C25H32N2O2/c1-17(2)27-22-8-6-5-7-21(22)25(3,4)15-23(27)26(16-18-9-10-18)20-13-11-19(12-14-20)24(28)29/h5-8,11-14,17-18,23H,9-10,15-16H2,1-4H3,(H,28,29). The zero-order valence-electron chi connectivity index (χ0n) is 17.9. The fraction of sp³-hybridized carbons (Fsp3) is 0.480. The van der Waals surface area contributed by atoms with E-state index in [1.807, 2.05) is 12.1 Å². The van der Waals surface area contributed by atoms with Gasteiger partial charge in [-0.2, -0.15) is 0 Å². The van der Waals surface area contributed by atoms with Crippen molar-refractivity contribution in [2.24, 2.45) is 5.92 Å². The first-order valence-electron chi connectivity index (χ1n) is 10.8. The molecule has 1 fully saturated rings. The molecule has 154 valence electrons. The first-order valence-corrected chi connectivity index (χ1v) is 10.8. The van der Waals surface area contributed by atoms with Crippen LogP contribution in [-0.4, -0.2) is 29.8 Å². The molecule has 1 aliphatic carbocycles.